The Hall–Kier alpha value is -1.60. The van der Waals surface area contributed by atoms with Crippen molar-refractivity contribution < 1.29 is 13.2 Å². The summed E-state index contributed by atoms with van der Waals surface area (Å²) < 4.78 is 37.3. The Morgan fingerprint density at radius 1 is 1.15 bits per heavy atom. The summed E-state index contributed by atoms with van der Waals surface area (Å²) in [6, 6.07) is 7.82. The van der Waals surface area contributed by atoms with Crippen molar-refractivity contribution in [1.82, 2.24) is 9.97 Å². The van der Waals surface area contributed by atoms with Crippen molar-refractivity contribution in [2.75, 3.05) is 6.54 Å². The molecule has 0 amide bonds. The van der Waals surface area contributed by atoms with Crippen LogP contribution in [0.3, 0.4) is 0 Å². The zero-order chi connectivity index (χ0) is 14.6. The summed E-state index contributed by atoms with van der Waals surface area (Å²) in [6.45, 7) is 0.324. The molecule has 0 aliphatic carbocycles. The predicted molar refractivity (Wildman–Crippen MR) is 71.1 cm³/mol. The van der Waals surface area contributed by atoms with Gasteiger partial charge in [0.25, 0.3) is 0 Å². The van der Waals surface area contributed by atoms with Crippen LogP contribution in [0.2, 0.25) is 0 Å². The van der Waals surface area contributed by atoms with Crippen molar-refractivity contribution in [3.63, 3.8) is 0 Å². The normalized spacial score (nSPS) is 13.2. The number of hydrogen-bond acceptors (Lipinski definition) is 4. The SMILES string of the molecule is NCC(Sc1ccc(C(F)(F)F)cn1)c1ccccn1. The van der Waals surface area contributed by atoms with Crippen LogP contribution in [0.25, 0.3) is 0 Å². The molecular formula is C13H12F3N3S. The van der Waals surface area contributed by atoms with Crippen molar-refractivity contribution in [3.05, 3.63) is 54.0 Å². The first-order chi connectivity index (χ1) is 9.50. The fourth-order valence-electron chi connectivity index (χ4n) is 1.56. The van der Waals surface area contributed by atoms with E-state index in [4.69, 9.17) is 5.73 Å². The second-order valence-electron chi connectivity index (χ2n) is 3.98. The average Bonchev–Trinajstić information content (AvgIpc) is 2.45. The van der Waals surface area contributed by atoms with Crippen molar-refractivity contribution in [3.8, 4) is 0 Å². The van der Waals surface area contributed by atoms with E-state index in [0.29, 0.717) is 11.6 Å². The van der Waals surface area contributed by atoms with Gasteiger partial charge in [0.15, 0.2) is 0 Å². The van der Waals surface area contributed by atoms with Crippen LogP contribution < -0.4 is 5.73 Å². The average molecular weight is 299 g/mol. The van der Waals surface area contributed by atoms with Gasteiger partial charge in [-0.2, -0.15) is 13.2 Å². The van der Waals surface area contributed by atoms with Gasteiger partial charge < -0.3 is 5.73 Å². The summed E-state index contributed by atoms with van der Waals surface area (Å²) in [7, 11) is 0. The fourth-order valence-corrected chi connectivity index (χ4v) is 2.47. The van der Waals surface area contributed by atoms with Gasteiger partial charge in [0, 0.05) is 18.9 Å². The Morgan fingerprint density at radius 3 is 2.45 bits per heavy atom. The van der Waals surface area contributed by atoms with Crippen molar-refractivity contribution in [2.24, 2.45) is 5.73 Å². The molecule has 1 unspecified atom stereocenters. The van der Waals surface area contributed by atoms with Crippen LogP contribution in [0.5, 0.6) is 0 Å². The molecule has 106 valence electrons. The second kappa shape index (κ2) is 6.23. The molecule has 2 aromatic heterocycles. The van der Waals surface area contributed by atoms with Crippen LogP contribution in [0.1, 0.15) is 16.5 Å². The largest absolute Gasteiger partial charge is 0.417 e. The molecule has 2 aromatic rings. The maximum atomic E-state index is 12.4. The number of pyridine rings is 2. The third-order valence-electron chi connectivity index (χ3n) is 2.56. The molecule has 2 heterocycles. The third-order valence-corrected chi connectivity index (χ3v) is 3.76. The van der Waals surface area contributed by atoms with E-state index in [2.05, 4.69) is 9.97 Å². The second-order valence-corrected chi connectivity index (χ2v) is 5.20. The summed E-state index contributed by atoms with van der Waals surface area (Å²) in [4.78, 5) is 8.01. The minimum Gasteiger partial charge on any atom is -0.329 e. The predicted octanol–water partition coefficient (Wildman–Crippen LogP) is 3.29. The highest BCUT2D eigenvalue weighted by Gasteiger charge is 2.30. The molecule has 0 aromatic carbocycles. The Kier molecular flexibility index (Phi) is 4.61. The highest BCUT2D eigenvalue weighted by molar-refractivity contribution is 7.99. The maximum Gasteiger partial charge on any atom is 0.417 e. The lowest BCUT2D eigenvalue weighted by Gasteiger charge is -2.13. The molecule has 3 nitrogen and oxygen atoms in total. The molecule has 0 saturated carbocycles. The maximum absolute atomic E-state index is 12.4. The number of nitrogens with zero attached hydrogens (tertiary/aromatic N) is 2. The number of nitrogens with two attached hydrogens (primary N) is 1. The first kappa shape index (κ1) is 14.8. The van der Waals surface area contributed by atoms with Crippen LogP contribution in [0, 0.1) is 0 Å². The highest BCUT2D eigenvalue weighted by Crippen LogP contribution is 2.34. The van der Waals surface area contributed by atoms with E-state index in [1.165, 1.54) is 17.8 Å². The van der Waals surface area contributed by atoms with Gasteiger partial charge in [0.05, 0.1) is 21.5 Å². The van der Waals surface area contributed by atoms with Gasteiger partial charge in [-0.3, -0.25) is 4.98 Å². The smallest absolute Gasteiger partial charge is 0.329 e. The van der Waals surface area contributed by atoms with Crippen LogP contribution in [-0.4, -0.2) is 16.5 Å². The molecule has 1 atom stereocenters. The standard InChI is InChI=1S/C13H12F3N3S/c14-13(15,16)9-4-5-12(19-8-9)20-11(7-17)10-3-1-2-6-18-10/h1-6,8,11H,7,17H2. The summed E-state index contributed by atoms with van der Waals surface area (Å²) in [5.74, 6) is 0. The first-order valence-electron chi connectivity index (χ1n) is 5.81. The quantitative estimate of drug-likeness (QED) is 0.880. The number of alkyl halides is 3. The molecule has 2 rings (SSSR count). The van der Waals surface area contributed by atoms with Crippen molar-refractivity contribution in [2.45, 2.75) is 16.5 Å². The lowest BCUT2D eigenvalue weighted by Crippen LogP contribution is -2.11. The van der Waals surface area contributed by atoms with E-state index in [1.807, 2.05) is 12.1 Å². The van der Waals surface area contributed by atoms with E-state index in [9.17, 15) is 13.2 Å². The summed E-state index contributed by atoms with van der Waals surface area (Å²) in [5.41, 5.74) is 5.70. The van der Waals surface area contributed by atoms with Crippen LogP contribution >= 0.6 is 11.8 Å². The number of rotatable bonds is 4. The van der Waals surface area contributed by atoms with Crippen LogP contribution in [0.15, 0.2) is 47.8 Å². The Bertz CT molecular complexity index is 543. The van der Waals surface area contributed by atoms with Gasteiger partial charge in [0.2, 0.25) is 0 Å². The van der Waals surface area contributed by atoms with E-state index in [1.54, 1.807) is 12.3 Å². The molecular weight excluding hydrogens is 287 g/mol. The van der Waals surface area contributed by atoms with Gasteiger partial charge in [-0.15, -0.1) is 0 Å². The number of aromatic nitrogens is 2. The van der Waals surface area contributed by atoms with E-state index < -0.39 is 11.7 Å². The number of hydrogen-bond donors (Lipinski definition) is 1. The zero-order valence-electron chi connectivity index (χ0n) is 10.3. The summed E-state index contributed by atoms with van der Waals surface area (Å²) in [6.07, 6.45) is -1.89. The van der Waals surface area contributed by atoms with Crippen molar-refractivity contribution in [1.29, 1.82) is 0 Å². The number of halogens is 3. The molecule has 0 spiro atoms. The Labute approximate surface area is 118 Å². The molecule has 0 radical (unpaired) electrons. The van der Waals surface area contributed by atoms with Crippen LogP contribution in [0.4, 0.5) is 13.2 Å². The fraction of sp³-hybridized carbons (Fsp3) is 0.231. The van der Waals surface area contributed by atoms with Gasteiger partial charge >= 0.3 is 6.18 Å². The Balaban J connectivity index is 2.13. The summed E-state index contributed by atoms with van der Waals surface area (Å²) in [5, 5.41) is 0.347. The minimum atomic E-state index is -4.37. The number of thioether (sulfide) groups is 1. The zero-order valence-corrected chi connectivity index (χ0v) is 11.2. The molecule has 2 N–H and O–H groups in total. The molecule has 20 heavy (non-hydrogen) atoms. The van der Waals surface area contributed by atoms with E-state index in [-0.39, 0.29) is 5.25 Å². The van der Waals surface area contributed by atoms with Gasteiger partial charge in [-0.05, 0) is 24.3 Å². The topological polar surface area (TPSA) is 51.8 Å². The van der Waals surface area contributed by atoms with Crippen molar-refractivity contribution >= 4 is 11.8 Å². The lowest BCUT2D eigenvalue weighted by molar-refractivity contribution is -0.137. The van der Waals surface area contributed by atoms with Crippen LogP contribution in [-0.2, 0) is 6.18 Å². The first-order valence-corrected chi connectivity index (χ1v) is 6.69. The monoisotopic (exact) mass is 299 g/mol. The molecule has 0 aliphatic rings. The van der Waals surface area contributed by atoms with E-state index >= 15 is 0 Å². The van der Waals surface area contributed by atoms with Gasteiger partial charge in [-0.25, -0.2) is 4.98 Å². The minimum absolute atomic E-state index is 0.138. The molecule has 0 aliphatic heterocycles. The van der Waals surface area contributed by atoms with Gasteiger partial charge in [0.1, 0.15) is 0 Å². The lowest BCUT2D eigenvalue weighted by atomic mass is 10.3. The van der Waals surface area contributed by atoms with Gasteiger partial charge in [-0.1, -0.05) is 17.8 Å². The molecule has 0 bridgehead atoms. The van der Waals surface area contributed by atoms with E-state index in [0.717, 1.165) is 18.0 Å². The highest BCUT2D eigenvalue weighted by atomic mass is 32.2. The summed E-state index contributed by atoms with van der Waals surface area (Å²) >= 11 is 1.30. The molecule has 0 saturated heterocycles. The Morgan fingerprint density at radius 2 is 1.95 bits per heavy atom. The molecule has 7 heteroatoms. The molecule has 0 fully saturated rings. The third kappa shape index (κ3) is 3.71.